The zero-order chi connectivity index (χ0) is 18.9. The molecule has 1 heterocycles. The van der Waals surface area contributed by atoms with E-state index in [4.69, 9.17) is 9.72 Å². The first kappa shape index (κ1) is 20.2. The Balaban J connectivity index is 2.05. The molecule has 0 aliphatic rings. The molecule has 6 nitrogen and oxygen atoms in total. The number of anilines is 1. The summed E-state index contributed by atoms with van der Waals surface area (Å²) in [6, 6.07) is 6.26. The van der Waals surface area contributed by atoms with Gasteiger partial charge in [-0.25, -0.2) is 4.98 Å². The second kappa shape index (κ2) is 10.2. The largest absolute Gasteiger partial charge is 0.466 e. The van der Waals surface area contributed by atoms with Gasteiger partial charge in [-0.15, -0.1) is 0 Å². The maximum atomic E-state index is 11.4. The number of fused-ring (bicyclic) bond motifs is 1. The topological polar surface area (TPSA) is 67.6 Å². The third kappa shape index (κ3) is 5.21. The number of nitrogens with zero attached hydrogens (tertiary/aromatic N) is 3. The summed E-state index contributed by atoms with van der Waals surface area (Å²) in [6.07, 6.45) is 3.87. The summed E-state index contributed by atoms with van der Waals surface area (Å²) < 4.78 is 7.32. The highest BCUT2D eigenvalue weighted by Crippen LogP contribution is 2.23. The van der Waals surface area contributed by atoms with Crippen molar-refractivity contribution < 1.29 is 14.6 Å². The summed E-state index contributed by atoms with van der Waals surface area (Å²) in [6.45, 7) is 6.22. The monoisotopic (exact) mass is 361 g/mol. The number of esters is 1. The Morgan fingerprint density at radius 1 is 1.27 bits per heavy atom. The van der Waals surface area contributed by atoms with Crippen LogP contribution in [0.3, 0.4) is 0 Å². The van der Waals surface area contributed by atoms with Crippen LogP contribution in [0, 0.1) is 0 Å². The Morgan fingerprint density at radius 3 is 2.77 bits per heavy atom. The summed E-state index contributed by atoms with van der Waals surface area (Å²) in [5.41, 5.74) is 3.14. The van der Waals surface area contributed by atoms with Crippen LogP contribution in [-0.2, 0) is 23.0 Å². The second-order valence-corrected chi connectivity index (χ2v) is 6.54. The quantitative estimate of drug-likeness (QED) is 0.492. The van der Waals surface area contributed by atoms with E-state index in [0.717, 1.165) is 54.8 Å². The van der Waals surface area contributed by atoms with Gasteiger partial charge in [0, 0.05) is 38.7 Å². The van der Waals surface area contributed by atoms with E-state index in [0.29, 0.717) is 19.6 Å². The number of hydrogen-bond donors (Lipinski definition) is 1. The third-order valence-electron chi connectivity index (χ3n) is 4.45. The molecule has 0 saturated carbocycles. The van der Waals surface area contributed by atoms with Crippen LogP contribution in [0.25, 0.3) is 11.0 Å². The van der Waals surface area contributed by atoms with Gasteiger partial charge < -0.3 is 19.3 Å². The molecule has 1 aromatic carbocycles. The van der Waals surface area contributed by atoms with Crippen LogP contribution in [-0.4, -0.2) is 46.9 Å². The van der Waals surface area contributed by atoms with Crippen molar-refractivity contribution in [2.75, 3.05) is 31.2 Å². The van der Waals surface area contributed by atoms with Gasteiger partial charge in [-0.1, -0.05) is 13.8 Å². The number of aliphatic hydroxyl groups is 1. The van der Waals surface area contributed by atoms with Crippen LogP contribution < -0.4 is 4.90 Å². The van der Waals surface area contributed by atoms with Gasteiger partial charge in [0.1, 0.15) is 5.82 Å². The molecule has 6 heteroatoms. The fourth-order valence-corrected chi connectivity index (χ4v) is 3.11. The van der Waals surface area contributed by atoms with Crippen molar-refractivity contribution in [2.24, 2.45) is 7.05 Å². The Hall–Kier alpha value is -2.08. The molecule has 2 aromatic rings. The molecule has 0 saturated heterocycles. The molecule has 0 bridgehead atoms. The van der Waals surface area contributed by atoms with Crippen molar-refractivity contribution in [3.63, 3.8) is 0 Å². The molecule has 1 aromatic heterocycles. The average Bonchev–Trinajstić information content (AvgIpc) is 2.94. The van der Waals surface area contributed by atoms with E-state index in [1.807, 2.05) is 14.0 Å². The molecule has 0 atom stereocenters. The van der Waals surface area contributed by atoms with Gasteiger partial charge in [-0.2, -0.15) is 0 Å². The highest BCUT2D eigenvalue weighted by Gasteiger charge is 2.11. The number of ether oxygens (including phenoxy) is 1. The molecule has 26 heavy (non-hydrogen) atoms. The van der Waals surface area contributed by atoms with Crippen molar-refractivity contribution in [2.45, 2.75) is 46.0 Å². The molecule has 0 fully saturated rings. The molecule has 0 spiro atoms. The summed E-state index contributed by atoms with van der Waals surface area (Å²) in [4.78, 5) is 18.3. The summed E-state index contributed by atoms with van der Waals surface area (Å²) >= 11 is 0. The van der Waals surface area contributed by atoms with E-state index in [2.05, 4.69) is 34.6 Å². The highest BCUT2D eigenvalue weighted by atomic mass is 16.5. The van der Waals surface area contributed by atoms with Crippen molar-refractivity contribution in [3.8, 4) is 0 Å². The molecular weight excluding hydrogens is 330 g/mol. The van der Waals surface area contributed by atoms with Gasteiger partial charge in [0.05, 0.1) is 24.2 Å². The minimum absolute atomic E-state index is 0.123. The maximum Gasteiger partial charge on any atom is 0.305 e. The summed E-state index contributed by atoms with van der Waals surface area (Å²) in [5.74, 6) is 0.870. The average molecular weight is 361 g/mol. The van der Waals surface area contributed by atoms with Gasteiger partial charge in [-0.3, -0.25) is 4.79 Å². The van der Waals surface area contributed by atoms with Crippen LogP contribution in [0.15, 0.2) is 18.2 Å². The van der Waals surface area contributed by atoms with Gasteiger partial charge in [-0.05, 0) is 37.5 Å². The zero-order valence-electron chi connectivity index (χ0n) is 16.2. The second-order valence-electron chi connectivity index (χ2n) is 6.54. The van der Waals surface area contributed by atoms with Crippen LogP contribution in [0.2, 0.25) is 0 Å². The van der Waals surface area contributed by atoms with Gasteiger partial charge >= 0.3 is 5.97 Å². The molecule has 0 aliphatic heterocycles. The number of rotatable bonds is 11. The number of imidazole rings is 1. The molecule has 0 amide bonds. The van der Waals surface area contributed by atoms with E-state index in [1.54, 1.807) is 0 Å². The van der Waals surface area contributed by atoms with Crippen molar-refractivity contribution in [1.29, 1.82) is 0 Å². The molecule has 0 unspecified atom stereocenters. The summed E-state index contributed by atoms with van der Waals surface area (Å²) in [5, 5.41) is 9.28. The molecule has 2 rings (SSSR count). The number of carbonyl (C=O) groups is 1. The standard InChI is InChI=1S/C20H31N3O3/c1-4-7-20(25)26-14-6-8-19-21-17-15-16(9-10-18(17)22(19)3)23(11-5-2)12-13-24/h9-10,15,24H,4-8,11-14H2,1-3H3. The number of benzene rings is 1. The van der Waals surface area contributed by atoms with Gasteiger partial charge in [0.2, 0.25) is 0 Å². The fourth-order valence-electron chi connectivity index (χ4n) is 3.11. The minimum Gasteiger partial charge on any atom is -0.466 e. The van der Waals surface area contributed by atoms with Gasteiger partial charge in [0.25, 0.3) is 0 Å². The number of hydrogen-bond acceptors (Lipinski definition) is 5. The van der Waals surface area contributed by atoms with E-state index < -0.39 is 0 Å². The molecule has 144 valence electrons. The first-order valence-electron chi connectivity index (χ1n) is 9.57. The fraction of sp³-hybridized carbons (Fsp3) is 0.600. The lowest BCUT2D eigenvalue weighted by Crippen LogP contribution is -2.27. The number of aryl methyl sites for hydroxylation is 2. The lowest BCUT2D eigenvalue weighted by molar-refractivity contribution is -0.143. The first-order valence-corrected chi connectivity index (χ1v) is 9.57. The van der Waals surface area contributed by atoms with Crippen molar-refractivity contribution >= 4 is 22.7 Å². The van der Waals surface area contributed by atoms with Crippen molar-refractivity contribution in [1.82, 2.24) is 9.55 Å². The SMILES string of the molecule is CCCC(=O)OCCCc1nc2cc(N(CCC)CCO)ccc2n1C. The number of carbonyl (C=O) groups excluding carboxylic acids is 1. The molecule has 1 N–H and O–H groups in total. The number of aromatic nitrogens is 2. The number of aliphatic hydroxyl groups excluding tert-OH is 1. The van der Waals surface area contributed by atoms with Crippen LogP contribution >= 0.6 is 0 Å². The third-order valence-corrected chi connectivity index (χ3v) is 4.45. The van der Waals surface area contributed by atoms with E-state index >= 15 is 0 Å². The highest BCUT2D eigenvalue weighted by molar-refractivity contribution is 5.80. The predicted molar refractivity (Wildman–Crippen MR) is 104 cm³/mol. The first-order chi connectivity index (χ1) is 12.6. The Kier molecular flexibility index (Phi) is 7.91. The lowest BCUT2D eigenvalue weighted by Gasteiger charge is -2.23. The van der Waals surface area contributed by atoms with Crippen LogP contribution in [0.5, 0.6) is 0 Å². The Bertz CT molecular complexity index is 706. The Morgan fingerprint density at radius 2 is 2.08 bits per heavy atom. The predicted octanol–water partition coefficient (Wildman–Crippen LogP) is 3.06. The minimum atomic E-state index is -0.123. The zero-order valence-corrected chi connectivity index (χ0v) is 16.2. The molecule has 0 aliphatic carbocycles. The van der Waals surface area contributed by atoms with E-state index in [1.165, 1.54) is 0 Å². The van der Waals surface area contributed by atoms with Crippen LogP contribution in [0.1, 0.15) is 45.4 Å². The lowest BCUT2D eigenvalue weighted by atomic mass is 10.2. The summed E-state index contributed by atoms with van der Waals surface area (Å²) in [7, 11) is 2.02. The normalized spacial score (nSPS) is 11.1. The maximum absolute atomic E-state index is 11.4. The van der Waals surface area contributed by atoms with E-state index in [9.17, 15) is 9.90 Å². The Labute approximate surface area is 155 Å². The van der Waals surface area contributed by atoms with Crippen LogP contribution in [0.4, 0.5) is 5.69 Å². The molecule has 0 radical (unpaired) electrons. The molecular formula is C20H31N3O3. The van der Waals surface area contributed by atoms with Crippen molar-refractivity contribution in [3.05, 3.63) is 24.0 Å². The van der Waals surface area contributed by atoms with Gasteiger partial charge in [0.15, 0.2) is 0 Å². The smallest absolute Gasteiger partial charge is 0.305 e. The van der Waals surface area contributed by atoms with E-state index in [-0.39, 0.29) is 12.6 Å².